The minimum absolute atomic E-state index is 0.106. The van der Waals surface area contributed by atoms with E-state index in [9.17, 15) is 19.1 Å². The molecule has 0 spiro atoms. The smallest absolute Gasteiger partial charge is 0.346 e. The molecule has 2 aliphatic rings. The van der Waals surface area contributed by atoms with E-state index in [0.29, 0.717) is 28.3 Å². The van der Waals surface area contributed by atoms with Gasteiger partial charge in [-0.3, -0.25) is 4.79 Å². The van der Waals surface area contributed by atoms with Crippen molar-refractivity contribution in [1.82, 2.24) is 0 Å². The van der Waals surface area contributed by atoms with Gasteiger partial charge in [-0.2, -0.15) is 0 Å². The lowest BCUT2D eigenvalue weighted by Gasteiger charge is -2.24. The van der Waals surface area contributed by atoms with Crippen LogP contribution in [0.15, 0.2) is 42.5 Å². The Balaban J connectivity index is 1.68. The number of aromatic carboxylic acids is 1. The Bertz CT molecular complexity index is 1150. The summed E-state index contributed by atoms with van der Waals surface area (Å²) in [7, 11) is 0. The molecule has 0 bridgehead atoms. The largest absolute Gasteiger partial charge is 0.477 e. The number of hydrogen-bond acceptors (Lipinski definition) is 5. The molecule has 3 heterocycles. The van der Waals surface area contributed by atoms with Crippen LogP contribution in [0.3, 0.4) is 0 Å². The van der Waals surface area contributed by atoms with E-state index in [-0.39, 0.29) is 29.9 Å². The normalized spacial score (nSPS) is 17.0. The van der Waals surface area contributed by atoms with Crippen LogP contribution in [0.2, 0.25) is 0 Å². The second kappa shape index (κ2) is 6.59. The molecule has 3 aromatic rings. The van der Waals surface area contributed by atoms with E-state index in [4.69, 9.17) is 9.47 Å². The molecule has 0 saturated carbocycles. The summed E-state index contributed by atoms with van der Waals surface area (Å²) >= 11 is 1.13. The van der Waals surface area contributed by atoms with Crippen molar-refractivity contribution in [1.29, 1.82) is 0 Å². The van der Waals surface area contributed by atoms with Crippen molar-refractivity contribution in [2.45, 2.75) is 12.3 Å². The standard InChI is InChI=1S/C21H14FNO5S/c22-12-4-1-10(2-5-12)17-18-19(29-20(17)21(25)26)13(8-16(24)23-18)11-3-6-14-15(7-11)28-9-27-14/h1-7,13H,8-9H2,(H,23,24)(H,25,26)/t13-/m1/s1. The first kappa shape index (κ1) is 17.7. The molecule has 2 aromatic carbocycles. The molecule has 0 saturated heterocycles. The van der Waals surface area contributed by atoms with Crippen LogP contribution in [0.4, 0.5) is 10.1 Å². The van der Waals surface area contributed by atoms with E-state index in [1.165, 1.54) is 24.3 Å². The van der Waals surface area contributed by atoms with Gasteiger partial charge in [-0.1, -0.05) is 18.2 Å². The quantitative estimate of drug-likeness (QED) is 0.665. The van der Waals surface area contributed by atoms with E-state index in [1.54, 1.807) is 6.07 Å². The zero-order chi connectivity index (χ0) is 20.1. The molecule has 29 heavy (non-hydrogen) atoms. The highest BCUT2D eigenvalue weighted by molar-refractivity contribution is 7.15. The molecule has 1 atom stereocenters. The van der Waals surface area contributed by atoms with E-state index >= 15 is 0 Å². The third-order valence-electron chi connectivity index (χ3n) is 5.03. The van der Waals surface area contributed by atoms with Crippen LogP contribution >= 0.6 is 11.3 Å². The number of carboxylic acid groups (broad SMARTS) is 1. The molecule has 2 aliphatic heterocycles. The summed E-state index contributed by atoms with van der Waals surface area (Å²) in [6.07, 6.45) is 0.190. The predicted octanol–water partition coefficient (Wildman–Crippen LogP) is 4.46. The van der Waals surface area contributed by atoms with Crippen LogP contribution in [0.5, 0.6) is 11.5 Å². The van der Waals surface area contributed by atoms with E-state index in [0.717, 1.165) is 21.8 Å². The number of fused-ring (bicyclic) bond motifs is 2. The van der Waals surface area contributed by atoms with Crippen molar-refractivity contribution < 1.29 is 28.6 Å². The second-order valence-electron chi connectivity index (χ2n) is 6.78. The van der Waals surface area contributed by atoms with Crippen LogP contribution in [-0.2, 0) is 4.79 Å². The summed E-state index contributed by atoms with van der Waals surface area (Å²) in [6.45, 7) is 0.145. The summed E-state index contributed by atoms with van der Waals surface area (Å²) in [4.78, 5) is 25.3. The number of thiophene rings is 1. The van der Waals surface area contributed by atoms with Crippen LogP contribution in [0.25, 0.3) is 11.1 Å². The fourth-order valence-electron chi connectivity index (χ4n) is 3.73. The summed E-state index contributed by atoms with van der Waals surface area (Å²) in [5.74, 6) is -0.800. The van der Waals surface area contributed by atoms with Gasteiger partial charge in [0, 0.05) is 22.8 Å². The average Bonchev–Trinajstić information content (AvgIpc) is 3.32. The Morgan fingerprint density at radius 3 is 2.66 bits per heavy atom. The number of benzene rings is 2. The van der Waals surface area contributed by atoms with E-state index < -0.39 is 11.8 Å². The van der Waals surface area contributed by atoms with Gasteiger partial charge in [0.25, 0.3) is 0 Å². The van der Waals surface area contributed by atoms with E-state index in [1.807, 2.05) is 12.1 Å². The Labute approximate surface area is 168 Å². The van der Waals surface area contributed by atoms with Gasteiger partial charge in [0.2, 0.25) is 12.7 Å². The maximum absolute atomic E-state index is 13.4. The number of ether oxygens (including phenoxy) is 2. The molecule has 1 amide bonds. The lowest BCUT2D eigenvalue weighted by Crippen LogP contribution is -2.22. The summed E-state index contributed by atoms with van der Waals surface area (Å²) in [6, 6.07) is 11.0. The number of carbonyl (C=O) groups excluding carboxylic acids is 1. The minimum Gasteiger partial charge on any atom is -0.477 e. The van der Waals surface area contributed by atoms with E-state index in [2.05, 4.69) is 5.32 Å². The maximum atomic E-state index is 13.4. The molecule has 6 nitrogen and oxygen atoms in total. The lowest BCUT2D eigenvalue weighted by molar-refractivity contribution is -0.116. The molecule has 0 aliphatic carbocycles. The first-order valence-corrected chi connectivity index (χ1v) is 9.68. The van der Waals surface area contributed by atoms with Crippen molar-refractivity contribution >= 4 is 28.9 Å². The average molecular weight is 411 g/mol. The fourth-order valence-corrected chi connectivity index (χ4v) is 4.97. The zero-order valence-corrected chi connectivity index (χ0v) is 15.7. The van der Waals surface area contributed by atoms with Gasteiger partial charge >= 0.3 is 5.97 Å². The van der Waals surface area contributed by atoms with Crippen molar-refractivity contribution in [3.05, 3.63) is 63.6 Å². The third kappa shape index (κ3) is 2.92. The molecular weight excluding hydrogens is 397 g/mol. The van der Waals surface area contributed by atoms with Crippen molar-refractivity contribution in [3.8, 4) is 22.6 Å². The summed E-state index contributed by atoms with van der Waals surface area (Å²) in [5, 5.41) is 12.6. The van der Waals surface area contributed by atoms with Crippen LogP contribution in [0.1, 0.15) is 32.5 Å². The fraction of sp³-hybridized carbons (Fsp3) is 0.143. The van der Waals surface area contributed by atoms with Gasteiger partial charge in [-0.15, -0.1) is 11.3 Å². The summed E-state index contributed by atoms with van der Waals surface area (Å²) < 4.78 is 24.2. The second-order valence-corrected chi connectivity index (χ2v) is 7.83. The van der Waals surface area contributed by atoms with Gasteiger partial charge in [0.15, 0.2) is 11.5 Å². The highest BCUT2D eigenvalue weighted by Gasteiger charge is 2.35. The Morgan fingerprint density at radius 2 is 1.90 bits per heavy atom. The van der Waals surface area contributed by atoms with Gasteiger partial charge in [0.1, 0.15) is 10.7 Å². The molecular formula is C21H14FNO5S. The lowest BCUT2D eigenvalue weighted by atomic mass is 9.88. The number of carbonyl (C=O) groups is 2. The van der Waals surface area contributed by atoms with Crippen LogP contribution in [0, 0.1) is 5.82 Å². The van der Waals surface area contributed by atoms with Crippen molar-refractivity contribution in [3.63, 3.8) is 0 Å². The monoisotopic (exact) mass is 411 g/mol. The van der Waals surface area contributed by atoms with Crippen LogP contribution < -0.4 is 14.8 Å². The number of hydrogen-bond donors (Lipinski definition) is 2. The molecule has 146 valence electrons. The Kier molecular flexibility index (Phi) is 4.02. The van der Waals surface area contributed by atoms with Crippen molar-refractivity contribution in [2.24, 2.45) is 0 Å². The minimum atomic E-state index is -1.09. The molecule has 0 fully saturated rings. The van der Waals surface area contributed by atoms with Gasteiger partial charge in [0.05, 0.1) is 5.69 Å². The van der Waals surface area contributed by atoms with Gasteiger partial charge in [-0.25, -0.2) is 9.18 Å². The number of anilines is 1. The number of amides is 1. The number of halogens is 1. The first-order valence-electron chi connectivity index (χ1n) is 8.86. The topological polar surface area (TPSA) is 84.9 Å². The molecule has 1 aromatic heterocycles. The molecule has 2 N–H and O–H groups in total. The van der Waals surface area contributed by atoms with Crippen molar-refractivity contribution in [2.75, 3.05) is 12.1 Å². The SMILES string of the molecule is O=C1C[C@H](c2ccc3c(c2)OCO3)c2sc(C(=O)O)c(-c3ccc(F)cc3)c2N1. The van der Waals surface area contributed by atoms with Gasteiger partial charge < -0.3 is 19.9 Å². The number of rotatable bonds is 3. The maximum Gasteiger partial charge on any atom is 0.346 e. The van der Waals surface area contributed by atoms with Crippen LogP contribution in [-0.4, -0.2) is 23.8 Å². The highest BCUT2D eigenvalue weighted by atomic mass is 32.1. The zero-order valence-electron chi connectivity index (χ0n) is 14.9. The molecule has 0 radical (unpaired) electrons. The Hall–Kier alpha value is -3.39. The first-order chi connectivity index (χ1) is 14.0. The molecule has 5 rings (SSSR count). The molecule has 8 heteroatoms. The third-order valence-corrected chi connectivity index (χ3v) is 6.32. The van der Waals surface area contributed by atoms with Gasteiger partial charge in [-0.05, 0) is 35.4 Å². The number of carboxylic acids is 1. The number of nitrogens with one attached hydrogen (secondary N) is 1. The predicted molar refractivity (Wildman–Crippen MR) is 104 cm³/mol. The molecule has 0 unspecified atom stereocenters. The highest BCUT2D eigenvalue weighted by Crippen LogP contribution is 2.50. The summed E-state index contributed by atoms with van der Waals surface area (Å²) in [5.41, 5.74) is 2.25. The Morgan fingerprint density at radius 1 is 1.14 bits per heavy atom.